The molecule has 0 amide bonds. The van der Waals surface area contributed by atoms with Crippen molar-refractivity contribution in [3.05, 3.63) is 65.4 Å². The Morgan fingerprint density at radius 3 is 2.64 bits per heavy atom. The molecule has 1 aliphatic rings. The van der Waals surface area contributed by atoms with Crippen molar-refractivity contribution in [1.82, 2.24) is 15.2 Å². The maximum absolute atomic E-state index is 5.80. The Bertz CT molecular complexity index is 812. The van der Waals surface area contributed by atoms with Gasteiger partial charge in [0.2, 0.25) is 0 Å². The Morgan fingerprint density at radius 1 is 1.14 bits per heavy atom. The van der Waals surface area contributed by atoms with Gasteiger partial charge in [-0.2, -0.15) is 0 Å². The van der Waals surface area contributed by atoms with Gasteiger partial charge in [0, 0.05) is 56.2 Å². The van der Waals surface area contributed by atoms with E-state index >= 15 is 0 Å². The standard InChI is InChI=1S/C22H31N5O/c1-17-7-8-20(14-22(17)28-3)24-15-21(25-23)19-6-4-5-18(13-19)16-27-11-9-26(2)10-12-27/h4-8,13-15,24-25H,9-12,16,23H2,1-3H3/b21-15-. The molecule has 28 heavy (non-hydrogen) atoms. The van der Waals surface area contributed by atoms with Crippen LogP contribution in [0.3, 0.4) is 0 Å². The number of anilines is 1. The predicted molar refractivity (Wildman–Crippen MR) is 116 cm³/mol. The third-order valence-electron chi connectivity index (χ3n) is 5.19. The number of ether oxygens (including phenoxy) is 1. The molecule has 0 spiro atoms. The van der Waals surface area contributed by atoms with Crippen molar-refractivity contribution in [3.8, 4) is 5.75 Å². The van der Waals surface area contributed by atoms with Gasteiger partial charge in [0.05, 0.1) is 12.8 Å². The van der Waals surface area contributed by atoms with Crippen molar-refractivity contribution in [2.24, 2.45) is 5.84 Å². The molecule has 1 heterocycles. The third kappa shape index (κ3) is 5.25. The van der Waals surface area contributed by atoms with Gasteiger partial charge in [0.25, 0.3) is 0 Å². The fourth-order valence-corrected chi connectivity index (χ4v) is 3.38. The van der Waals surface area contributed by atoms with E-state index in [1.54, 1.807) is 7.11 Å². The summed E-state index contributed by atoms with van der Waals surface area (Å²) in [7, 11) is 3.86. The molecule has 1 fully saturated rings. The lowest BCUT2D eigenvalue weighted by Crippen LogP contribution is -2.43. The summed E-state index contributed by atoms with van der Waals surface area (Å²) in [6, 6.07) is 14.5. The van der Waals surface area contributed by atoms with Crippen LogP contribution in [0.1, 0.15) is 16.7 Å². The number of nitrogens with one attached hydrogen (secondary N) is 2. The lowest BCUT2D eigenvalue weighted by Gasteiger charge is -2.32. The van der Waals surface area contributed by atoms with Crippen LogP contribution in [0.4, 0.5) is 5.69 Å². The molecule has 1 aliphatic heterocycles. The van der Waals surface area contributed by atoms with Gasteiger partial charge in [-0.15, -0.1) is 0 Å². The highest BCUT2D eigenvalue weighted by Gasteiger charge is 2.14. The van der Waals surface area contributed by atoms with Crippen molar-refractivity contribution in [2.75, 3.05) is 45.7 Å². The van der Waals surface area contributed by atoms with E-state index in [9.17, 15) is 0 Å². The van der Waals surface area contributed by atoms with E-state index in [2.05, 4.69) is 51.9 Å². The van der Waals surface area contributed by atoms with Crippen LogP contribution in [-0.2, 0) is 6.54 Å². The van der Waals surface area contributed by atoms with E-state index in [0.717, 1.165) is 61.0 Å². The van der Waals surface area contributed by atoms with Crippen molar-refractivity contribution >= 4 is 11.4 Å². The lowest BCUT2D eigenvalue weighted by atomic mass is 10.1. The summed E-state index contributed by atoms with van der Waals surface area (Å²) in [6.07, 6.45) is 1.89. The molecule has 0 radical (unpaired) electrons. The molecule has 6 nitrogen and oxygen atoms in total. The lowest BCUT2D eigenvalue weighted by molar-refractivity contribution is 0.148. The zero-order chi connectivity index (χ0) is 19.9. The molecule has 0 atom stereocenters. The summed E-state index contributed by atoms with van der Waals surface area (Å²) in [5.74, 6) is 6.66. The van der Waals surface area contributed by atoms with E-state index in [1.807, 2.05) is 31.3 Å². The highest BCUT2D eigenvalue weighted by atomic mass is 16.5. The van der Waals surface area contributed by atoms with Crippen LogP contribution in [0.25, 0.3) is 5.70 Å². The molecule has 0 aliphatic carbocycles. The fourth-order valence-electron chi connectivity index (χ4n) is 3.38. The smallest absolute Gasteiger partial charge is 0.123 e. The number of nitrogens with zero attached hydrogens (tertiary/aromatic N) is 2. The van der Waals surface area contributed by atoms with Gasteiger partial charge in [0.1, 0.15) is 5.75 Å². The number of methoxy groups -OCH3 is 1. The Kier molecular flexibility index (Phi) is 6.92. The molecule has 3 rings (SSSR count). The van der Waals surface area contributed by atoms with Gasteiger partial charge in [-0.25, -0.2) is 0 Å². The van der Waals surface area contributed by atoms with E-state index in [-0.39, 0.29) is 0 Å². The number of rotatable bonds is 7. The first kappa shape index (κ1) is 20.2. The van der Waals surface area contributed by atoms with Crippen molar-refractivity contribution < 1.29 is 4.74 Å². The van der Waals surface area contributed by atoms with E-state index in [0.29, 0.717) is 0 Å². The van der Waals surface area contributed by atoms with Crippen molar-refractivity contribution in [1.29, 1.82) is 0 Å². The number of likely N-dealkylation sites (N-methyl/N-ethyl adjacent to an activating group) is 1. The third-order valence-corrected chi connectivity index (χ3v) is 5.19. The van der Waals surface area contributed by atoms with E-state index in [1.165, 1.54) is 5.56 Å². The first-order valence-corrected chi connectivity index (χ1v) is 9.67. The summed E-state index contributed by atoms with van der Waals surface area (Å²) in [5, 5.41) is 3.30. The summed E-state index contributed by atoms with van der Waals surface area (Å²) in [4.78, 5) is 4.87. The van der Waals surface area contributed by atoms with Gasteiger partial charge in [-0.05, 0) is 37.2 Å². The Balaban J connectivity index is 1.70. The van der Waals surface area contributed by atoms with Gasteiger partial charge in [-0.3, -0.25) is 10.7 Å². The topological polar surface area (TPSA) is 65.8 Å². The zero-order valence-corrected chi connectivity index (χ0v) is 17.0. The monoisotopic (exact) mass is 381 g/mol. The van der Waals surface area contributed by atoms with Crippen LogP contribution in [-0.4, -0.2) is 50.1 Å². The van der Waals surface area contributed by atoms with Crippen LogP contribution in [0.15, 0.2) is 48.7 Å². The Hall–Kier alpha value is -2.54. The van der Waals surface area contributed by atoms with E-state index in [4.69, 9.17) is 10.6 Å². The number of benzene rings is 2. The quantitative estimate of drug-likeness (QED) is 0.506. The predicted octanol–water partition coefficient (Wildman–Crippen LogP) is 2.62. The molecule has 1 saturated heterocycles. The van der Waals surface area contributed by atoms with Gasteiger partial charge >= 0.3 is 0 Å². The molecule has 0 aromatic heterocycles. The molecule has 2 aromatic carbocycles. The minimum atomic E-state index is 0.833. The molecule has 0 saturated carbocycles. The fraction of sp³-hybridized carbons (Fsp3) is 0.364. The van der Waals surface area contributed by atoms with Crippen molar-refractivity contribution in [2.45, 2.75) is 13.5 Å². The van der Waals surface area contributed by atoms with Crippen LogP contribution in [0.2, 0.25) is 0 Å². The van der Waals surface area contributed by atoms with Crippen LogP contribution >= 0.6 is 0 Å². The largest absolute Gasteiger partial charge is 0.496 e. The number of hydrogen-bond donors (Lipinski definition) is 3. The Morgan fingerprint density at radius 2 is 1.93 bits per heavy atom. The van der Waals surface area contributed by atoms with Crippen LogP contribution < -0.4 is 21.3 Å². The highest BCUT2D eigenvalue weighted by Crippen LogP contribution is 2.23. The van der Waals surface area contributed by atoms with Crippen molar-refractivity contribution in [3.63, 3.8) is 0 Å². The molecule has 0 unspecified atom stereocenters. The summed E-state index contributed by atoms with van der Waals surface area (Å²) < 4.78 is 5.39. The SMILES string of the molecule is COc1cc(N/C=C(\NN)c2cccc(CN3CCN(C)CC3)c2)ccc1C. The molecular formula is C22H31N5O. The number of hydrogen-bond acceptors (Lipinski definition) is 6. The van der Waals surface area contributed by atoms with Crippen LogP contribution in [0.5, 0.6) is 5.75 Å². The molecule has 2 aromatic rings. The second-order valence-electron chi connectivity index (χ2n) is 7.31. The van der Waals surface area contributed by atoms with Gasteiger partial charge in [0.15, 0.2) is 0 Å². The first-order valence-electron chi connectivity index (χ1n) is 9.67. The minimum Gasteiger partial charge on any atom is -0.496 e. The second-order valence-corrected chi connectivity index (χ2v) is 7.31. The zero-order valence-electron chi connectivity index (χ0n) is 17.0. The average Bonchev–Trinajstić information content (AvgIpc) is 2.71. The first-order chi connectivity index (χ1) is 13.6. The maximum Gasteiger partial charge on any atom is 0.123 e. The molecule has 4 N–H and O–H groups in total. The Labute approximate surface area is 167 Å². The average molecular weight is 382 g/mol. The number of aryl methyl sites for hydroxylation is 1. The minimum absolute atomic E-state index is 0.833. The highest BCUT2D eigenvalue weighted by molar-refractivity contribution is 5.67. The summed E-state index contributed by atoms with van der Waals surface area (Å²) in [5.41, 5.74) is 8.04. The molecule has 150 valence electrons. The number of hydrazine groups is 1. The maximum atomic E-state index is 5.80. The van der Waals surface area contributed by atoms with Crippen LogP contribution in [0, 0.1) is 6.92 Å². The number of piperazine rings is 1. The summed E-state index contributed by atoms with van der Waals surface area (Å²) in [6.45, 7) is 7.45. The normalized spacial score (nSPS) is 16.1. The molecule has 0 bridgehead atoms. The molecular weight excluding hydrogens is 350 g/mol. The second kappa shape index (κ2) is 9.59. The van der Waals surface area contributed by atoms with Gasteiger partial charge < -0.3 is 20.4 Å². The van der Waals surface area contributed by atoms with E-state index < -0.39 is 0 Å². The summed E-state index contributed by atoms with van der Waals surface area (Å²) >= 11 is 0. The number of nitrogens with two attached hydrogens (primary N) is 1. The van der Waals surface area contributed by atoms with Gasteiger partial charge in [-0.1, -0.05) is 24.3 Å². The molecule has 6 heteroatoms.